The molecule has 0 spiro atoms. The van der Waals surface area contributed by atoms with Crippen LogP contribution in [0, 0.1) is 19.8 Å². The van der Waals surface area contributed by atoms with Gasteiger partial charge in [-0.2, -0.15) is 0 Å². The predicted octanol–water partition coefficient (Wildman–Crippen LogP) is 3.24. The number of likely N-dealkylation sites (tertiary alicyclic amines) is 1. The van der Waals surface area contributed by atoms with Crippen LogP contribution in [0.1, 0.15) is 38.6 Å². The van der Waals surface area contributed by atoms with Crippen molar-refractivity contribution in [1.29, 1.82) is 0 Å². The third-order valence-corrected chi connectivity index (χ3v) is 5.03. The highest BCUT2D eigenvalue weighted by molar-refractivity contribution is 5.79. The van der Waals surface area contributed by atoms with E-state index in [0.717, 1.165) is 35.7 Å². The molecule has 3 rings (SSSR count). The average Bonchev–Trinajstić information content (AvgIpc) is 2.95. The zero-order valence-electron chi connectivity index (χ0n) is 17.2. The highest BCUT2D eigenvalue weighted by atomic mass is 16.2. The third kappa shape index (κ3) is 4.26. The summed E-state index contributed by atoms with van der Waals surface area (Å²) < 4.78 is 0. The standard InChI is InChI=1S/C21H29N5O/c1-14-7-8-17(15(2)23-14)18-9-10-22-20(24-18)25(6)12-16-11-19(27)26(13-16)21(3,4)5/h7-10,16H,11-13H2,1-6H3. The Hall–Kier alpha value is -2.50. The van der Waals surface area contributed by atoms with E-state index in [2.05, 4.69) is 36.8 Å². The van der Waals surface area contributed by atoms with Crippen LogP contribution in [-0.4, -0.2) is 51.4 Å². The lowest BCUT2D eigenvalue weighted by Crippen LogP contribution is -2.42. The summed E-state index contributed by atoms with van der Waals surface area (Å²) in [5.74, 6) is 1.20. The highest BCUT2D eigenvalue weighted by Crippen LogP contribution is 2.27. The molecule has 1 fully saturated rings. The number of aromatic nitrogens is 3. The minimum absolute atomic E-state index is 0.128. The van der Waals surface area contributed by atoms with E-state index >= 15 is 0 Å². The zero-order chi connectivity index (χ0) is 19.8. The average molecular weight is 367 g/mol. The number of anilines is 1. The molecule has 0 N–H and O–H groups in total. The molecule has 1 saturated heterocycles. The van der Waals surface area contributed by atoms with Crippen LogP contribution in [0.3, 0.4) is 0 Å². The fraction of sp³-hybridized carbons (Fsp3) is 0.524. The van der Waals surface area contributed by atoms with Gasteiger partial charge in [-0.05, 0) is 52.8 Å². The van der Waals surface area contributed by atoms with E-state index in [1.54, 1.807) is 6.20 Å². The number of hydrogen-bond acceptors (Lipinski definition) is 5. The van der Waals surface area contributed by atoms with Gasteiger partial charge in [-0.15, -0.1) is 0 Å². The second-order valence-corrected chi connectivity index (χ2v) is 8.45. The Kier molecular flexibility index (Phi) is 5.18. The molecule has 2 aromatic rings. The predicted molar refractivity (Wildman–Crippen MR) is 108 cm³/mol. The van der Waals surface area contributed by atoms with Crippen molar-refractivity contribution in [2.45, 2.75) is 46.6 Å². The van der Waals surface area contributed by atoms with Crippen molar-refractivity contribution in [1.82, 2.24) is 19.9 Å². The molecule has 1 aliphatic rings. The Morgan fingerprint density at radius 3 is 2.56 bits per heavy atom. The number of amides is 1. The van der Waals surface area contributed by atoms with Gasteiger partial charge in [0.1, 0.15) is 0 Å². The van der Waals surface area contributed by atoms with Gasteiger partial charge in [0.2, 0.25) is 11.9 Å². The molecule has 1 atom stereocenters. The van der Waals surface area contributed by atoms with Gasteiger partial charge in [-0.3, -0.25) is 9.78 Å². The number of pyridine rings is 1. The van der Waals surface area contributed by atoms with Gasteiger partial charge >= 0.3 is 0 Å². The number of hydrogen-bond donors (Lipinski definition) is 0. The molecule has 2 aromatic heterocycles. The number of nitrogens with zero attached hydrogens (tertiary/aromatic N) is 5. The second kappa shape index (κ2) is 7.25. The molecule has 0 aliphatic carbocycles. The molecule has 144 valence electrons. The minimum Gasteiger partial charge on any atom is -0.344 e. The fourth-order valence-electron chi connectivity index (χ4n) is 3.66. The molecule has 1 amide bonds. The van der Waals surface area contributed by atoms with E-state index in [4.69, 9.17) is 4.98 Å². The topological polar surface area (TPSA) is 62.2 Å². The van der Waals surface area contributed by atoms with Crippen molar-refractivity contribution in [3.63, 3.8) is 0 Å². The van der Waals surface area contributed by atoms with Crippen LogP contribution >= 0.6 is 0 Å². The smallest absolute Gasteiger partial charge is 0.225 e. The molecule has 6 nitrogen and oxygen atoms in total. The maximum Gasteiger partial charge on any atom is 0.225 e. The molecule has 0 bridgehead atoms. The first-order valence-corrected chi connectivity index (χ1v) is 9.44. The molecule has 0 saturated carbocycles. The first-order chi connectivity index (χ1) is 12.6. The van der Waals surface area contributed by atoms with Crippen LogP contribution in [0.2, 0.25) is 0 Å². The first kappa shape index (κ1) is 19.3. The Labute approximate surface area is 161 Å². The van der Waals surface area contributed by atoms with Crippen LogP contribution in [-0.2, 0) is 4.79 Å². The van der Waals surface area contributed by atoms with Crippen LogP contribution in [0.4, 0.5) is 5.95 Å². The van der Waals surface area contributed by atoms with Crippen LogP contribution in [0.5, 0.6) is 0 Å². The van der Waals surface area contributed by atoms with Gasteiger partial charge < -0.3 is 9.80 Å². The summed E-state index contributed by atoms with van der Waals surface area (Å²) in [5.41, 5.74) is 3.72. The van der Waals surface area contributed by atoms with Crippen molar-refractivity contribution >= 4 is 11.9 Å². The van der Waals surface area contributed by atoms with E-state index in [9.17, 15) is 4.79 Å². The van der Waals surface area contributed by atoms with Gasteiger partial charge in [0, 0.05) is 61.2 Å². The largest absolute Gasteiger partial charge is 0.344 e. The van der Waals surface area contributed by atoms with E-state index in [0.29, 0.717) is 12.4 Å². The highest BCUT2D eigenvalue weighted by Gasteiger charge is 2.36. The summed E-state index contributed by atoms with van der Waals surface area (Å²) >= 11 is 0. The van der Waals surface area contributed by atoms with Crippen LogP contribution < -0.4 is 4.90 Å². The van der Waals surface area contributed by atoms with E-state index in [1.807, 2.05) is 42.8 Å². The van der Waals surface area contributed by atoms with Crippen LogP contribution in [0.15, 0.2) is 24.4 Å². The summed E-state index contributed by atoms with van der Waals surface area (Å²) in [6.07, 6.45) is 2.37. The number of carbonyl (C=O) groups excluding carboxylic acids is 1. The lowest BCUT2D eigenvalue weighted by Gasteiger charge is -2.32. The number of aryl methyl sites for hydroxylation is 2. The maximum absolute atomic E-state index is 12.3. The number of carbonyl (C=O) groups is 1. The molecule has 0 aromatic carbocycles. The normalized spacial score (nSPS) is 17.5. The van der Waals surface area contributed by atoms with Gasteiger partial charge in [-0.1, -0.05) is 0 Å². The van der Waals surface area contributed by atoms with Gasteiger partial charge in [0.15, 0.2) is 0 Å². The summed E-state index contributed by atoms with van der Waals surface area (Å²) in [7, 11) is 1.99. The molecule has 6 heteroatoms. The van der Waals surface area contributed by atoms with E-state index in [1.165, 1.54) is 0 Å². The lowest BCUT2D eigenvalue weighted by molar-refractivity contribution is -0.131. The van der Waals surface area contributed by atoms with Gasteiger partial charge in [0.25, 0.3) is 0 Å². The van der Waals surface area contributed by atoms with E-state index < -0.39 is 0 Å². The molecular weight excluding hydrogens is 338 g/mol. The monoisotopic (exact) mass is 367 g/mol. The number of rotatable bonds is 4. The van der Waals surface area contributed by atoms with Crippen LogP contribution in [0.25, 0.3) is 11.3 Å². The molecule has 27 heavy (non-hydrogen) atoms. The molecule has 1 aliphatic heterocycles. The summed E-state index contributed by atoms with van der Waals surface area (Å²) in [6, 6.07) is 5.97. The second-order valence-electron chi connectivity index (χ2n) is 8.45. The Morgan fingerprint density at radius 2 is 1.93 bits per heavy atom. The summed E-state index contributed by atoms with van der Waals surface area (Å²) in [5, 5.41) is 0. The third-order valence-electron chi connectivity index (χ3n) is 5.03. The van der Waals surface area contributed by atoms with Gasteiger partial charge in [0.05, 0.1) is 5.69 Å². The molecule has 3 heterocycles. The fourth-order valence-corrected chi connectivity index (χ4v) is 3.66. The minimum atomic E-state index is -0.128. The lowest BCUT2D eigenvalue weighted by atomic mass is 10.1. The van der Waals surface area contributed by atoms with Crippen molar-refractivity contribution in [3.8, 4) is 11.3 Å². The van der Waals surface area contributed by atoms with Crippen molar-refractivity contribution in [3.05, 3.63) is 35.8 Å². The summed E-state index contributed by atoms with van der Waals surface area (Å²) in [6.45, 7) is 11.8. The molecular formula is C21H29N5O. The summed E-state index contributed by atoms with van der Waals surface area (Å²) in [4.78, 5) is 30.1. The first-order valence-electron chi connectivity index (χ1n) is 9.44. The molecule has 0 radical (unpaired) electrons. The zero-order valence-corrected chi connectivity index (χ0v) is 17.2. The Morgan fingerprint density at radius 1 is 1.19 bits per heavy atom. The van der Waals surface area contributed by atoms with Crippen molar-refractivity contribution < 1.29 is 4.79 Å². The molecule has 1 unspecified atom stereocenters. The Bertz CT molecular complexity index is 843. The quantitative estimate of drug-likeness (QED) is 0.830. The maximum atomic E-state index is 12.3. The van der Waals surface area contributed by atoms with Crippen molar-refractivity contribution in [2.75, 3.05) is 25.0 Å². The van der Waals surface area contributed by atoms with Gasteiger partial charge in [-0.25, -0.2) is 9.97 Å². The van der Waals surface area contributed by atoms with E-state index in [-0.39, 0.29) is 17.4 Å². The Balaban J connectivity index is 1.75. The van der Waals surface area contributed by atoms with Crippen molar-refractivity contribution in [2.24, 2.45) is 5.92 Å². The SMILES string of the molecule is Cc1ccc(-c2ccnc(N(C)CC3CC(=O)N(C(C)(C)C)C3)n2)c(C)n1.